The van der Waals surface area contributed by atoms with Gasteiger partial charge in [0.05, 0.1) is 10.0 Å². The maximum atomic E-state index is 6.36. The highest BCUT2D eigenvalue weighted by molar-refractivity contribution is 6.42. The molecule has 1 saturated carbocycles. The Hall–Kier alpha value is -0.240. The van der Waals surface area contributed by atoms with Crippen LogP contribution in [0.3, 0.4) is 0 Å². The summed E-state index contributed by atoms with van der Waals surface area (Å²) in [5.41, 5.74) is 7.88. The van der Waals surface area contributed by atoms with E-state index in [0.717, 1.165) is 24.4 Å². The second-order valence-electron chi connectivity index (χ2n) is 7.73. The van der Waals surface area contributed by atoms with E-state index in [4.69, 9.17) is 28.9 Å². The molecule has 1 fully saturated rings. The van der Waals surface area contributed by atoms with Crippen LogP contribution in [0.25, 0.3) is 0 Å². The van der Waals surface area contributed by atoms with Gasteiger partial charge in [-0.3, -0.25) is 0 Å². The van der Waals surface area contributed by atoms with Gasteiger partial charge in [-0.1, -0.05) is 56.1 Å². The van der Waals surface area contributed by atoms with Crippen molar-refractivity contribution < 1.29 is 0 Å². The third kappa shape index (κ3) is 3.94. The van der Waals surface area contributed by atoms with Crippen molar-refractivity contribution in [2.75, 3.05) is 6.54 Å². The van der Waals surface area contributed by atoms with Gasteiger partial charge < -0.3 is 5.73 Å². The molecule has 1 aromatic rings. The molecule has 3 heteroatoms. The topological polar surface area (TPSA) is 26.0 Å². The minimum absolute atomic E-state index is 0.191. The van der Waals surface area contributed by atoms with Crippen molar-refractivity contribution in [3.63, 3.8) is 0 Å². The summed E-state index contributed by atoms with van der Waals surface area (Å²) in [5, 5.41) is 1.34. The average molecular weight is 328 g/mol. The minimum Gasteiger partial charge on any atom is -0.330 e. The number of halogens is 2. The van der Waals surface area contributed by atoms with Gasteiger partial charge in [-0.2, -0.15) is 0 Å². The monoisotopic (exact) mass is 327 g/mol. The maximum absolute atomic E-state index is 6.36. The fraction of sp³-hybridized carbons (Fsp3) is 0.667. The molecule has 2 rings (SSSR count). The summed E-state index contributed by atoms with van der Waals surface area (Å²) in [6, 6.07) is 5.91. The van der Waals surface area contributed by atoms with Crippen molar-refractivity contribution in [2.45, 2.75) is 52.9 Å². The molecule has 1 aliphatic rings. The molecule has 0 bridgehead atoms. The third-order valence-corrected chi connectivity index (χ3v) is 6.16. The lowest BCUT2D eigenvalue weighted by Gasteiger charge is -2.44. The summed E-state index contributed by atoms with van der Waals surface area (Å²) >= 11 is 12.5. The fourth-order valence-corrected chi connectivity index (χ4v) is 4.03. The van der Waals surface area contributed by atoms with E-state index in [-0.39, 0.29) is 5.41 Å². The van der Waals surface area contributed by atoms with E-state index in [1.54, 1.807) is 0 Å². The molecule has 0 atom stereocenters. The van der Waals surface area contributed by atoms with Crippen molar-refractivity contribution in [3.8, 4) is 0 Å². The van der Waals surface area contributed by atoms with Gasteiger partial charge in [0.1, 0.15) is 0 Å². The number of nitrogens with two attached hydrogens (primary N) is 1. The largest absolute Gasteiger partial charge is 0.330 e. The molecule has 0 saturated heterocycles. The van der Waals surface area contributed by atoms with Crippen LogP contribution in [0.15, 0.2) is 18.2 Å². The first-order chi connectivity index (χ1) is 9.77. The van der Waals surface area contributed by atoms with Crippen LogP contribution in [-0.4, -0.2) is 6.54 Å². The van der Waals surface area contributed by atoms with Crippen LogP contribution in [0.2, 0.25) is 10.0 Å². The summed E-state index contributed by atoms with van der Waals surface area (Å²) in [6.07, 6.45) is 5.85. The predicted octanol–water partition coefficient (Wildman–Crippen LogP) is 5.72. The van der Waals surface area contributed by atoms with Gasteiger partial charge in [-0.05, 0) is 67.0 Å². The van der Waals surface area contributed by atoms with Gasteiger partial charge in [0.15, 0.2) is 0 Å². The van der Waals surface area contributed by atoms with Crippen LogP contribution in [0, 0.1) is 16.7 Å². The van der Waals surface area contributed by atoms with Gasteiger partial charge in [0.2, 0.25) is 0 Å². The molecule has 1 nitrogen and oxygen atoms in total. The highest BCUT2D eigenvalue weighted by Gasteiger charge is 2.38. The van der Waals surface area contributed by atoms with Crippen molar-refractivity contribution in [1.29, 1.82) is 0 Å². The number of hydrogen-bond acceptors (Lipinski definition) is 1. The molecule has 118 valence electrons. The summed E-state index contributed by atoms with van der Waals surface area (Å²) < 4.78 is 0. The molecule has 0 amide bonds. The quantitative estimate of drug-likeness (QED) is 0.755. The van der Waals surface area contributed by atoms with Gasteiger partial charge in [-0.25, -0.2) is 0 Å². The third-order valence-electron chi connectivity index (χ3n) is 5.30. The number of hydrogen-bond donors (Lipinski definition) is 1. The van der Waals surface area contributed by atoms with E-state index >= 15 is 0 Å². The van der Waals surface area contributed by atoms with Crippen LogP contribution in [0.4, 0.5) is 0 Å². The second-order valence-corrected chi connectivity index (χ2v) is 8.52. The Balaban J connectivity index is 2.12. The van der Waals surface area contributed by atoms with Gasteiger partial charge in [0, 0.05) is 0 Å². The normalized spacial score (nSPS) is 26.9. The zero-order chi connectivity index (χ0) is 15.7. The standard InChI is InChI=1S/C18H27Cl2N/c1-17(2,3)14-7-9-18(12-21,10-8-14)11-13-5-4-6-15(19)16(13)20/h4-6,14H,7-12,21H2,1-3H3. The highest BCUT2D eigenvalue weighted by Crippen LogP contribution is 2.47. The number of benzene rings is 1. The van der Waals surface area contributed by atoms with Gasteiger partial charge in [-0.15, -0.1) is 0 Å². The molecule has 21 heavy (non-hydrogen) atoms. The zero-order valence-corrected chi connectivity index (χ0v) is 14.9. The molecule has 0 radical (unpaired) electrons. The molecule has 0 aliphatic heterocycles. The average Bonchev–Trinajstić information content (AvgIpc) is 2.43. The minimum atomic E-state index is 0.191. The lowest BCUT2D eigenvalue weighted by Crippen LogP contribution is -2.39. The van der Waals surface area contributed by atoms with E-state index < -0.39 is 0 Å². The van der Waals surface area contributed by atoms with E-state index in [1.807, 2.05) is 12.1 Å². The van der Waals surface area contributed by atoms with Crippen LogP contribution in [0.1, 0.15) is 52.0 Å². The zero-order valence-electron chi connectivity index (χ0n) is 13.4. The molecule has 1 aliphatic carbocycles. The maximum Gasteiger partial charge on any atom is 0.0624 e. The number of rotatable bonds is 3. The summed E-state index contributed by atoms with van der Waals surface area (Å²) in [4.78, 5) is 0. The first kappa shape index (κ1) is 17.1. The van der Waals surface area contributed by atoms with Crippen LogP contribution in [-0.2, 0) is 6.42 Å². The summed E-state index contributed by atoms with van der Waals surface area (Å²) in [5.74, 6) is 0.798. The molecule has 2 N–H and O–H groups in total. The molecule has 1 aromatic carbocycles. The van der Waals surface area contributed by atoms with Crippen molar-refractivity contribution in [1.82, 2.24) is 0 Å². The SMILES string of the molecule is CC(C)(C)C1CCC(CN)(Cc2cccc(Cl)c2Cl)CC1. The lowest BCUT2D eigenvalue weighted by molar-refractivity contribution is 0.0926. The van der Waals surface area contributed by atoms with E-state index in [9.17, 15) is 0 Å². The van der Waals surface area contributed by atoms with Gasteiger partial charge >= 0.3 is 0 Å². The highest BCUT2D eigenvalue weighted by atomic mass is 35.5. The van der Waals surface area contributed by atoms with Crippen molar-refractivity contribution >= 4 is 23.2 Å². The van der Waals surface area contributed by atoms with Crippen LogP contribution in [0.5, 0.6) is 0 Å². The van der Waals surface area contributed by atoms with E-state index in [1.165, 1.54) is 25.7 Å². The fourth-order valence-electron chi connectivity index (χ4n) is 3.64. The molecule has 0 spiro atoms. The molecular formula is C18H27Cl2N. The van der Waals surface area contributed by atoms with E-state index in [0.29, 0.717) is 15.5 Å². The van der Waals surface area contributed by atoms with Crippen LogP contribution < -0.4 is 5.73 Å². The Bertz CT molecular complexity index is 482. The molecule has 0 unspecified atom stereocenters. The van der Waals surface area contributed by atoms with E-state index in [2.05, 4.69) is 26.8 Å². The first-order valence-electron chi connectivity index (χ1n) is 7.90. The summed E-state index contributed by atoms with van der Waals surface area (Å²) in [6.45, 7) is 7.77. The second kappa shape index (κ2) is 6.48. The Morgan fingerprint density at radius 2 is 1.81 bits per heavy atom. The first-order valence-corrected chi connectivity index (χ1v) is 8.66. The predicted molar refractivity (Wildman–Crippen MR) is 93.1 cm³/mol. The summed E-state index contributed by atoms with van der Waals surface area (Å²) in [7, 11) is 0. The Morgan fingerprint density at radius 3 is 2.33 bits per heavy atom. The Labute approximate surface area is 139 Å². The Kier molecular flexibility index (Phi) is 5.28. The van der Waals surface area contributed by atoms with Crippen LogP contribution >= 0.6 is 23.2 Å². The smallest absolute Gasteiger partial charge is 0.0624 e. The van der Waals surface area contributed by atoms with Crippen molar-refractivity contribution in [3.05, 3.63) is 33.8 Å². The van der Waals surface area contributed by atoms with Crippen molar-refractivity contribution in [2.24, 2.45) is 22.5 Å². The lowest BCUT2D eigenvalue weighted by atomic mass is 9.62. The molecule has 0 heterocycles. The molecule has 0 aromatic heterocycles. The molecular weight excluding hydrogens is 301 g/mol. The Morgan fingerprint density at radius 1 is 1.19 bits per heavy atom. The van der Waals surface area contributed by atoms with Gasteiger partial charge in [0.25, 0.3) is 0 Å².